The fourth-order valence-electron chi connectivity index (χ4n) is 3.61. The number of halogens is 6. The summed E-state index contributed by atoms with van der Waals surface area (Å²) in [5.41, 5.74) is 3.54. The number of alkyl halides is 5. The van der Waals surface area contributed by atoms with E-state index in [1.807, 2.05) is 0 Å². The van der Waals surface area contributed by atoms with Gasteiger partial charge in [-0.25, -0.2) is 28.1 Å². The standard InChI is InChI=1S/C21H20F6N4O4/c1-20(18(33-9-21(25,26)27)16(6-22)35-19(28)31-20)12-4-11(2-3-13(12)24)5-15(32)14-7-30-17(8-29-14)34-10-23/h2-4,7-8,16,18H,5-6,9-10H2,1H3,(H2,28,31)/t16-,18+,20-/m1/s1. The van der Waals surface area contributed by atoms with E-state index in [0.717, 1.165) is 18.5 Å². The molecule has 2 N–H and O–H groups in total. The quantitative estimate of drug-likeness (QED) is 0.411. The highest BCUT2D eigenvalue weighted by Gasteiger charge is 2.49. The second kappa shape index (κ2) is 10.5. The molecule has 1 aliphatic rings. The van der Waals surface area contributed by atoms with E-state index >= 15 is 0 Å². The molecule has 0 fully saturated rings. The van der Waals surface area contributed by atoms with Gasteiger partial charge in [0.05, 0.1) is 12.4 Å². The van der Waals surface area contributed by atoms with Gasteiger partial charge in [-0.2, -0.15) is 13.2 Å². The number of benzene rings is 1. The van der Waals surface area contributed by atoms with E-state index in [0.29, 0.717) is 0 Å². The van der Waals surface area contributed by atoms with E-state index in [2.05, 4.69) is 19.7 Å². The Morgan fingerprint density at radius 1 is 1.23 bits per heavy atom. The first kappa shape index (κ1) is 26.2. The van der Waals surface area contributed by atoms with E-state index in [9.17, 15) is 31.1 Å². The van der Waals surface area contributed by atoms with Crippen LogP contribution in [-0.2, 0) is 21.4 Å². The van der Waals surface area contributed by atoms with Gasteiger partial charge in [-0.3, -0.25) is 4.79 Å². The van der Waals surface area contributed by atoms with Crippen molar-refractivity contribution in [2.75, 3.05) is 20.1 Å². The molecule has 3 atom stereocenters. The van der Waals surface area contributed by atoms with Crippen molar-refractivity contribution in [1.82, 2.24) is 9.97 Å². The Labute approximate surface area is 195 Å². The number of rotatable bonds is 9. The minimum absolute atomic E-state index is 0.0921. The molecule has 0 aliphatic carbocycles. The normalized spacial score (nSPS) is 22.3. The zero-order chi connectivity index (χ0) is 25.8. The molecule has 14 heteroatoms. The number of nitrogens with zero attached hydrogens (tertiary/aromatic N) is 3. The van der Waals surface area contributed by atoms with Gasteiger partial charge in [0, 0.05) is 12.0 Å². The van der Waals surface area contributed by atoms with Crippen molar-refractivity contribution in [2.24, 2.45) is 10.7 Å². The predicted octanol–water partition coefficient (Wildman–Crippen LogP) is 3.19. The van der Waals surface area contributed by atoms with Crippen molar-refractivity contribution < 1.29 is 45.3 Å². The zero-order valence-corrected chi connectivity index (χ0v) is 18.2. The maximum Gasteiger partial charge on any atom is 0.411 e. The van der Waals surface area contributed by atoms with E-state index in [-0.39, 0.29) is 29.1 Å². The summed E-state index contributed by atoms with van der Waals surface area (Å²) in [7, 11) is 0. The molecule has 35 heavy (non-hydrogen) atoms. The molecule has 1 aromatic heterocycles. The highest BCUT2D eigenvalue weighted by molar-refractivity contribution is 5.95. The van der Waals surface area contributed by atoms with Crippen LogP contribution >= 0.6 is 0 Å². The van der Waals surface area contributed by atoms with Crippen LogP contribution in [0.15, 0.2) is 35.6 Å². The van der Waals surface area contributed by atoms with Gasteiger partial charge in [0.2, 0.25) is 12.7 Å². The molecule has 1 aliphatic heterocycles. The molecule has 1 aromatic carbocycles. The third-order valence-corrected chi connectivity index (χ3v) is 5.14. The summed E-state index contributed by atoms with van der Waals surface area (Å²) in [6.45, 7) is -2.95. The third kappa shape index (κ3) is 6.18. The Hall–Kier alpha value is -3.42. The fraction of sp³-hybridized carbons (Fsp3) is 0.429. The van der Waals surface area contributed by atoms with Crippen LogP contribution < -0.4 is 10.5 Å². The van der Waals surface area contributed by atoms with Crippen LogP contribution in [0.5, 0.6) is 5.88 Å². The first-order valence-corrected chi connectivity index (χ1v) is 10.1. The lowest BCUT2D eigenvalue weighted by atomic mass is 9.82. The summed E-state index contributed by atoms with van der Waals surface area (Å²) < 4.78 is 93.6. The Morgan fingerprint density at radius 2 is 1.97 bits per heavy atom. The lowest BCUT2D eigenvalue weighted by Crippen LogP contribution is -2.54. The molecule has 8 nitrogen and oxygen atoms in total. The molecular formula is C21H20F6N4O4. The van der Waals surface area contributed by atoms with Crippen molar-refractivity contribution in [3.05, 3.63) is 53.2 Å². The molecule has 0 bridgehead atoms. The summed E-state index contributed by atoms with van der Waals surface area (Å²) in [4.78, 5) is 24.1. The van der Waals surface area contributed by atoms with Crippen LogP contribution in [0.4, 0.5) is 26.3 Å². The number of Topliss-reactive ketones (excluding diaryl/α,β-unsaturated/α-hetero) is 1. The Bertz CT molecular complexity index is 1080. The monoisotopic (exact) mass is 506 g/mol. The minimum Gasteiger partial charge on any atom is -0.456 e. The molecule has 0 amide bonds. The number of aliphatic imine (C=N–C) groups is 1. The highest BCUT2D eigenvalue weighted by atomic mass is 19.4. The number of ether oxygens (including phenoxy) is 3. The lowest BCUT2D eigenvalue weighted by molar-refractivity contribution is -0.206. The second-order valence-corrected chi connectivity index (χ2v) is 7.66. The number of amidine groups is 1. The van der Waals surface area contributed by atoms with Crippen molar-refractivity contribution in [1.29, 1.82) is 0 Å². The Kier molecular flexibility index (Phi) is 7.83. The van der Waals surface area contributed by atoms with Crippen LogP contribution in [0, 0.1) is 5.82 Å². The fourth-order valence-corrected chi connectivity index (χ4v) is 3.61. The topological polar surface area (TPSA) is 109 Å². The average Bonchev–Trinajstić information content (AvgIpc) is 2.79. The third-order valence-electron chi connectivity index (χ3n) is 5.14. The lowest BCUT2D eigenvalue weighted by Gasteiger charge is -2.41. The van der Waals surface area contributed by atoms with Crippen molar-refractivity contribution in [3.63, 3.8) is 0 Å². The maximum absolute atomic E-state index is 14.9. The van der Waals surface area contributed by atoms with Gasteiger partial charge in [-0.1, -0.05) is 6.07 Å². The molecular weight excluding hydrogens is 486 g/mol. The van der Waals surface area contributed by atoms with E-state index in [1.165, 1.54) is 19.1 Å². The van der Waals surface area contributed by atoms with Gasteiger partial charge in [-0.15, -0.1) is 0 Å². The van der Waals surface area contributed by atoms with Crippen molar-refractivity contribution in [2.45, 2.75) is 37.3 Å². The number of carbonyl (C=O) groups is 1. The van der Waals surface area contributed by atoms with Crippen molar-refractivity contribution >= 4 is 11.8 Å². The van der Waals surface area contributed by atoms with Crippen LogP contribution in [0.3, 0.4) is 0 Å². The number of carbonyl (C=O) groups excluding carboxylic acids is 1. The minimum atomic E-state index is -4.76. The van der Waals surface area contributed by atoms with E-state index < -0.39 is 61.7 Å². The first-order chi connectivity index (χ1) is 16.5. The molecule has 0 radical (unpaired) electrons. The number of hydrogen-bond donors (Lipinski definition) is 1. The Balaban J connectivity index is 1.93. The van der Waals surface area contributed by atoms with Gasteiger partial charge < -0.3 is 19.9 Å². The molecule has 2 heterocycles. The molecule has 3 rings (SSSR count). The Morgan fingerprint density at radius 3 is 2.57 bits per heavy atom. The van der Waals surface area contributed by atoms with Gasteiger partial charge >= 0.3 is 6.18 Å². The maximum atomic E-state index is 14.9. The predicted molar refractivity (Wildman–Crippen MR) is 109 cm³/mol. The van der Waals surface area contributed by atoms with Crippen LogP contribution in [0.25, 0.3) is 0 Å². The van der Waals surface area contributed by atoms with Crippen LogP contribution in [0.2, 0.25) is 0 Å². The summed E-state index contributed by atoms with van der Waals surface area (Å²) in [5, 5.41) is 0. The van der Waals surface area contributed by atoms with E-state index in [4.69, 9.17) is 15.2 Å². The second-order valence-electron chi connectivity index (χ2n) is 7.66. The first-order valence-electron chi connectivity index (χ1n) is 10.1. The molecule has 0 saturated heterocycles. The van der Waals surface area contributed by atoms with Gasteiger partial charge in [0.15, 0.2) is 11.9 Å². The molecule has 0 unspecified atom stereocenters. The number of nitrogens with two attached hydrogens (primary N) is 1. The number of hydrogen-bond acceptors (Lipinski definition) is 8. The molecule has 2 aromatic rings. The molecule has 0 saturated carbocycles. The van der Waals surface area contributed by atoms with Crippen LogP contribution in [-0.4, -0.2) is 60.3 Å². The van der Waals surface area contributed by atoms with Gasteiger partial charge in [-0.05, 0) is 24.6 Å². The highest BCUT2D eigenvalue weighted by Crippen LogP contribution is 2.39. The summed E-state index contributed by atoms with van der Waals surface area (Å²) >= 11 is 0. The average molecular weight is 506 g/mol. The number of ketones is 1. The summed E-state index contributed by atoms with van der Waals surface area (Å²) in [6, 6.07) is 2.90. The van der Waals surface area contributed by atoms with Gasteiger partial charge in [0.1, 0.15) is 36.4 Å². The zero-order valence-electron chi connectivity index (χ0n) is 18.2. The molecule has 190 valence electrons. The summed E-state index contributed by atoms with van der Waals surface area (Å²) in [5.74, 6) is -1.58. The summed E-state index contributed by atoms with van der Waals surface area (Å²) in [6.07, 6.45) is -6.25. The van der Waals surface area contributed by atoms with E-state index in [1.54, 1.807) is 0 Å². The largest absolute Gasteiger partial charge is 0.456 e. The smallest absolute Gasteiger partial charge is 0.411 e. The van der Waals surface area contributed by atoms with Gasteiger partial charge in [0.25, 0.3) is 6.02 Å². The van der Waals surface area contributed by atoms with Crippen molar-refractivity contribution in [3.8, 4) is 5.88 Å². The number of aromatic nitrogens is 2. The SMILES string of the molecule is C[C@]1(c2cc(CC(=O)c3cnc(OCF)cn3)ccc2F)N=C(N)O[C@H](CF)[C@@H]1OCC(F)(F)F. The van der Waals surface area contributed by atoms with Crippen LogP contribution in [0.1, 0.15) is 28.5 Å². The molecule has 0 spiro atoms.